The third kappa shape index (κ3) is 3.46. The van der Waals surface area contributed by atoms with Crippen LogP contribution in [-0.2, 0) is 5.75 Å². The lowest BCUT2D eigenvalue weighted by atomic mass is 9.95. The van der Waals surface area contributed by atoms with Crippen molar-refractivity contribution in [1.29, 1.82) is 0 Å². The van der Waals surface area contributed by atoms with E-state index in [-0.39, 0.29) is 0 Å². The topological polar surface area (TPSA) is 69.6 Å². The zero-order valence-corrected chi connectivity index (χ0v) is 15.4. The number of rotatable bonds is 4. The number of thioether (sulfide) groups is 1. The van der Waals surface area contributed by atoms with Gasteiger partial charge in [-0.25, -0.2) is 9.97 Å². The van der Waals surface area contributed by atoms with Crippen molar-refractivity contribution in [2.45, 2.75) is 48.9 Å². The monoisotopic (exact) mass is 373 g/mol. The van der Waals surface area contributed by atoms with Gasteiger partial charge in [0.2, 0.25) is 5.95 Å². The van der Waals surface area contributed by atoms with Crippen LogP contribution in [0.4, 0.5) is 5.95 Å². The number of hydrogen-bond donors (Lipinski definition) is 1. The molecule has 0 radical (unpaired) electrons. The summed E-state index contributed by atoms with van der Waals surface area (Å²) in [4.78, 5) is 13.5. The lowest BCUT2D eigenvalue weighted by molar-refractivity contribution is 0.358. The van der Waals surface area contributed by atoms with Gasteiger partial charge in [-0.2, -0.15) is 4.98 Å². The van der Waals surface area contributed by atoms with E-state index < -0.39 is 0 Å². The Kier molecular flexibility index (Phi) is 4.81. The van der Waals surface area contributed by atoms with Gasteiger partial charge in [0, 0.05) is 16.8 Å². The molecule has 0 saturated heterocycles. The molecular weight excluding hydrogens is 354 g/mol. The maximum absolute atomic E-state index is 6.26. The van der Waals surface area contributed by atoms with Crippen LogP contribution in [0.2, 0.25) is 5.02 Å². The molecule has 0 unspecified atom stereocenters. The molecule has 3 aromatic rings. The second-order valence-corrected chi connectivity index (χ2v) is 7.75. The number of hydrogen-bond acceptors (Lipinski definition) is 5. The molecule has 0 bridgehead atoms. The fourth-order valence-corrected chi connectivity index (χ4v) is 4.66. The van der Waals surface area contributed by atoms with Crippen LogP contribution in [0.1, 0.15) is 43.7 Å². The largest absolute Gasteiger partial charge is 0.368 e. The molecule has 1 aliphatic rings. The van der Waals surface area contributed by atoms with Gasteiger partial charge in [-0.3, -0.25) is 0 Å². The first kappa shape index (κ1) is 16.7. The molecule has 25 heavy (non-hydrogen) atoms. The summed E-state index contributed by atoms with van der Waals surface area (Å²) in [6, 6.07) is 8.32. The summed E-state index contributed by atoms with van der Waals surface area (Å²) in [5, 5.41) is 1.58. The summed E-state index contributed by atoms with van der Waals surface area (Å²) < 4.78 is 2.19. The highest BCUT2D eigenvalue weighted by Crippen LogP contribution is 2.34. The van der Waals surface area contributed by atoms with Crippen molar-refractivity contribution in [3.8, 4) is 0 Å². The van der Waals surface area contributed by atoms with Gasteiger partial charge in [-0.1, -0.05) is 60.8 Å². The fourth-order valence-electron chi connectivity index (χ4n) is 3.40. The van der Waals surface area contributed by atoms with Crippen molar-refractivity contribution in [1.82, 2.24) is 19.5 Å². The molecule has 2 N–H and O–H groups in total. The molecule has 5 nitrogen and oxygen atoms in total. The van der Waals surface area contributed by atoms with Gasteiger partial charge < -0.3 is 10.3 Å². The van der Waals surface area contributed by atoms with Crippen LogP contribution >= 0.6 is 23.4 Å². The quantitative estimate of drug-likeness (QED) is 0.522. The second-order valence-electron chi connectivity index (χ2n) is 6.38. The molecule has 1 aromatic carbocycles. The third-order valence-electron chi connectivity index (χ3n) is 4.70. The Balaban J connectivity index is 1.65. The normalized spacial score (nSPS) is 15.7. The van der Waals surface area contributed by atoms with E-state index in [2.05, 4.69) is 19.5 Å². The lowest BCUT2D eigenvalue weighted by Crippen LogP contribution is -2.12. The Labute approximate surface area is 156 Å². The van der Waals surface area contributed by atoms with E-state index in [0.717, 1.165) is 32.5 Å². The van der Waals surface area contributed by atoms with Crippen LogP contribution < -0.4 is 5.73 Å². The van der Waals surface area contributed by atoms with E-state index in [1.54, 1.807) is 11.8 Å². The zero-order chi connectivity index (χ0) is 17.2. The predicted molar refractivity (Wildman–Crippen MR) is 103 cm³/mol. The number of anilines is 1. The maximum Gasteiger partial charge on any atom is 0.223 e. The van der Waals surface area contributed by atoms with Gasteiger partial charge in [0.15, 0.2) is 5.65 Å². The number of benzene rings is 1. The van der Waals surface area contributed by atoms with Gasteiger partial charge in [0.1, 0.15) is 10.5 Å². The predicted octanol–water partition coefficient (Wildman–Crippen LogP) is 4.86. The standard InChI is InChI=1S/C18H20ClN5S/c19-14-9-5-4-6-12(14)10-25-17-15-16(22-18(20)23-17)24(11-21-15)13-7-2-1-3-8-13/h4-6,9,11,13H,1-3,7-8,10H2,(H2,20,22,23). The van der Waals surface area contributed by atoms with Crippen molar-refractivity contribution >= 4 is 40.5 Å². The van der Waals surface area contributed by atoms with Gasteiger partial charge in [-0.05, 0) is 24.5 Å². The average Bonchev–Trinajstić information content (AvgIpc) is 3.05. The molecule has 2 heterocycles. The van der Waals surface area contributed by atoms with Crippen LogP contribution in [0, 0.1) is 0 Å². The minimum Gasteiger partial charge on any atom is -0.368 e. The van der Waals surface area contributed by atoms with E-state index in [9.17, 15) is 0 Å². The number of nitrogens with two attached hydrogens (primary N) is 1. The smallest absolute Gasteiger partial charge is 0.223 e. The Morgan fingerprint density at radius 3 is 2.76 bits per heavy atom. The van der Waals surface area contributed by atoms with Gasteiger partial charge in [0.05, 0.1) is 6.33 Å². The number of nitrogens with zero attached hydrogens (tertiary/aromatic N) is 4. The molecule has 4 rings (SSSR count). The molecule has 1 saturated carbocycles. The summed E-state index contributed by atoms with van der Waals surface area (Å²) in [6.07, 6.45) is 8.10. The van der Waals surface area contributed by atoms with Crippen molar-refractivity contribution < 1.29 is 0 Å². The molecule has 0 aliphatic heterocycles. The fraction of sp³-hybridized carbons (Fsp3) is 0.389. The van der Waals surface area contributed by atoms with Gasteiger partial charge >= 0.3 is 0 Å². The molecule has 1 aliphatic carbocycles. The van der Waals surface area contributed by atoms with Crippen LogP contribution in [0.15, 0.2) is 35.6 Å². The highest BCUT2D eigenvalue weighted by atomic mass is 35.5. The molecule has 0 atom stereocenters. The average molecular weight is 374 g/mol. The minimum atomic E-state index is 0.298. The minimum absolute atomic E-state index is 0.298. The number of halogens is 1. The Bertz CT molecular complexity index is 888. The molecule has 0 spiro atoms. The Morgan fingerprint density at radius 1 is 1.16 bits per heavy atom. The van der Waals surface area contributed by atoms with E-state index in [1.807, 2.05) is 30.6 Å². The molecule has 130 valence electrons. The van der Waals surface area contributed by atoms with Gasteiger partial charge in [0.25, 0.3) is 0 Å². The molecular formula is C18H20ClN5S. The molecule has 0 amide bonds. The van der Waals surface area contributed by atoms with Crippen LogP contribution in [-0.4, -0.2) is 19.5 Å². The number of imidazole rings is 1. The van der Waals surface area contributed by atoms with Crippen LogP contribution in [0.25, 0.3) is 11.2 Å². The number of aromatic nitrogens is 4. The van der Waals surface area contributed by atoms with Crippen molar-refractivity contribution in [2.24, 2.45) is 0 Å². The summed E-state index contributed by atoms with van der Waals surface area (Å²) in [5.41, 5.74) is 8.73. The second kappa shape index (κ2) is 7.22. The Morgan fingerprint density at radius 2 is 1.96 bits per heavy atom. The molecule has 2 aromatic heterocycles. The van der Waals surface area contributed by atoms with Crippen LogP contribution in [0.3, 0.4) is 0 Å². The third-order valence-corrected chi connectivity index (χ3v) is 6.08. The highest BCUT2D eigenvalue weighted by Gasteiger charge is 2.20. The van der Waals surface area contributed by atoms with E-state index in [0.29, 0.717) is 12.0 Å². The zero-order valence-electron chi connectivity index (χ0n) is 13.9. The first-order valence-corrected chi connectivity index (χ1v) is 9.95. The van der Waals surface area contributed by atoms with E-state index >= 15 is 0 Å². The first-order chi connectivity index (χ1) is 12.2. The summed E-state index contributed by atoms with van der Waals surface area (Å²) in [5.74, 6) is 1.02. The maximum atomic E-state index is 6.26. The lowest BCUT2D eigenvalue weighted by Gasteiger charge is -2.23. The summed E-state index contributed by atoms with van der Waals surface area (Å²) in [7, 11) is 0. The van der Waals surface area contributed by atoms with Crippen molar-refractivity contribution in [3.05, 3.63) is 41.2 Å². The summed E-state index contributed by atoms with van der Waals surface area (Å²) in [6.45, 7) is 0. The Hall–Kier alpha value is -1.79. The van der Waals surface area contributed by atoms with Gasteiger partial charge in [-0.15, -0.1) is 0 Å². The number of nitrogen functional groups attached to an aromatic ring is 1. The first-order valence-electron chi connectivity index (χ1n) is 8.58. The summed E-state index contributed by atoms with van der Waals surface area (Å²) >= 11 is 7.86. The van der Waals surface area contributed by atoms with E-state index in [1.165, 1.54) is 32.1 Å². The highest BCUT2D eigenvalue weighted by molar-refractivity contribution is 7.98. The van der Waals surface area contributed by atoms with Crippen molar-refractivity contribution in [3.63, 3.8) is 0 Å². The molecule has 7 heteroatoms. The number of fused-ring (bicyclic) bond motifs is 1. The van der Waals surface area contributed by atoms with Crippen molar-refractivity contribution in [2.75, 3.05) is 5.73 Å². The molecule has 1 fully saturated rings. The van der Waals surface area contributed by atoms with Crippen LogP contribution in [0.5, 0.6) is 0 Å². The van der Waals surface area contributed by atoms with E-state index in [4.69, 9.17) is 17.3 Å². The SMILES string of the molecule is Nc1nc(SCc2ccccc2Cl)c2ncn(C3CCCCC3)c2n1.